The summed E-state index contributed by atoms with van der Waals surface area (Å²) in [5.41, 5.74) is 2.26. The van der Waals surface area contributed by atoms with Crippen LogP contribution in [0.15, 0.2) is 30.3 Å². The van der Waals surface area contributed by atoms with Crippen molar-refractivity contribution in [1.29, 1.82) is 0 Å². The number of methoxy groups -OCH3 is 2. The third kappa shape index (κ3) is 3.65. The van der Waals surface area contributed by atoms with Gasteiger partial charge in [0.15, 0.2) is 11.5 Å². The maximum Gasteiger partial charge on any atom is 0.305 e. The molecular weight excluding hydrogens is 365 g/mol. The van der Waals surface area contributed by atoms with Crippen LogP contribution in [0.5, 0.6) is 11.5 Å². The first-order valence-electron chi connectivity index (χ1n) is 8.89. The van der Waals surface area contributed by atoms with E-state index in [9.17, 15) is 19.1 Å². The van der Waals surface area contributed by atoms with Crippen molar-refractivity contribution in [2.45, 2.75) is 25.8 Å². The molecule has 0 fully saturated rings. The molecule has 1 unspecified atom stereocenters. The number of benzene rings is 2. The maximum atomic E-state index is 14.3. The number of fused-ring (bicyclic) bond motifs is 1. The zero-order chi connectivity index (χ0) is 20.4. The number of halogens is 1. The number of amides is 1. The van der Waals surface area contributed by atoms with E-state index < -0.39 is 23.7 Å². The number of hydrogen-bond acceptors (Lipinski definition) is 4. The predicted molar refractivity (Wildman–Crippen MR) is 100 cm³/mol. The molecule has 0 saturated heterocycles. The van der Waals surface area contributed by atoms with Gasteiger partial charge in [-0.25, -0.2) is 4.39 Å². The summed E-state index contributed by atoms with van der Waals surface area (Å²) in [6, 6.07) is 7.10. The molecule has 0 saturated carbocycles. The Hall–Kier alpha value is -3.09. The second kappa shape index (κ2) is 7.88. The lowest BCUT2D eigenvalue weighted by molar-refractivity contribution is -0.138. The van der Waals surface area contributed by atoms with E-state index in [-0.39, 0.29) is 18.5 Å². The Bertz CT molecular complexity index is 927. The number of aliphatic carboxylic acids is 1. The van der Waals surface area contributed by atoms with Crippen molar-refractivity contribution in [3.63, 3.8) is 0 Å². The Morgan fingerprint density at radius 1 is 1.18 bits per heavy atom. The lowest BCUT2D eigenvalue weighted by Gasteiger charge is -2.37. The fourth-order valence-corrected chi connectivity index (χ4v) is 3.61. The number of carboxylic acid groups (broad SMARTS) is 1. The summed E-state index contributed by atoms with van der Waals surface area (Å²) in [6.07, 6.45) is 0.215. The van der Waals surface area contributed by atoms with Crippen molar-refractivity contribution in [3.8, 4) is 11.5 Å². The van der Waals surface area contributed by atoms with Gasteiger partial charge >= 0.3 is 5.97 Å². The Kier molecular flexibility index (Phi) is 5.53. The van der Waals surface area contributed by atoms with Crippen molar-refractivity contribution < 1.29 is 28.6 Å². The largest absolute Gasteiger partial charge is 0.493 e. The van der Waals surface area contributed by atoms with Gasteiger partial charge in [0.25, 0.3) is 5.91 Å². The Labute approximate surface area is 162 Å². The number of nitrogens with zero attached hydrogens (tertiary/aromatic N) is 1. The zero-order valence-corrected chi connectivity index (χ0v) is 16.0. The highest BCUT2D eigenvalue weighted by Crippen LogP contribution is 2.40. The molecule has 1 N–H and O–H groups in total. The van der Waals surface area contributed by atoms with Gasteiger partial charge in [0.05, 0.1) is 32.2 Å². The van der Waals surface area contributed by atoms with Gasteiger partial charge in [0.1, 0.15) is 5.82 Å². The molecule has 28 heavy (non-hydrogen) atoms. The molecule has 6 nitrogen and oxygen atoms in total. The van der Waals surface area contributed by atoms with Gasteiger partial charge in [-0.1, -0.05) is 11.6 Å². The van der Waals surface area contributed by atoms with E-state index in [0.29, 0.717) is 23.5 Å². The van der Waals surface area contributed by atoms with Crippen molar-refractivity contribution in [2.75, 3.05) is 20.8 Å². The van der Waals surface area contributed by atoms with Gasteiger partial charge in [-0.2, -0.15) is 0 Å². The summed E-state index contributed by atoms with van der Waals surface area (Å²) in [7, 11) is 3.02. The first-order chi connectivity index (χ1) is 13.3. The van der Waals surface area contributed by atoms with Crippen LogP contribution in [0.4, 0.5) is 4.39 Å². The summed E-state index contributed by atoms with van der Waals surface area (Å²) in [5.74, 6) is -1.20. The minimum absolute atomic E-state index is 0.0562. The quantitative estimate of drug-likeness (QED) is 0.851. The van der Waals surface area contributed by atoms with Crippen molar-refractivity contribution >= 4 is 11.9 Å². The Morgan fingerprint density at radius 3 is 2.50 bits per heavy atom. The zero-order valence-electron chi connectivity index (χ0n) is 16.0. The molecule has 1 atom stereocenters. The summed E-state index contributed by atoms with van der Waals surface area (Å²) < 4.78 is 24.9. The van der Waals surface area contributed by atoms with E-state index in [1.807, 2.05) is 0 Å². The van der Waals surface area contributed by atoms with Crippen LogP contribution in [0.2, 0.25) is 0 Å². The fourth-order valence-electron chi connectivity index (χ4n) is 3.61. The molecule has 148 valence electrons. The van der Waals surface area contributed by atoms with E-state index >= 15 is 0 Å². The molecule has 0 aromatic heterocycles. The lowest BCUT2D eigenvalue weighted by atomic mass is 9.89. The smallest absolute Gasteiger partial charge is 0.305 e. The monoisotopic (exact) mass is 387 g/mol. The van der Waals surface area contributed by atoms with Gasteiger partial charge in [0, 0.05) is 6.54 Å². The molecular formula is C21H22FNO5. The molecule has 1 heterocycles. The van der Waals surface area contributed by atoms with E-state index in [1.54, 1.807) is 25.1 Å². The Balaban J connectivity index is 2.07. The van der Waals surface area contributed by atoms with Crippen molar-refractivity contribution in [2.24, 2.45) is 0 Å². The van der Waals surface area contributed by atoms with Crippen LogP contribution < -0.4 is 9.47 Å². The van der Waals surface area contributed by atoms with Crippen molar-refractivity contribution in [3.05, 3.63) is 58.4 Å². The van der Waals surface area contributed by atoms with Crippen LogP contribution in [0.1, 0.15) is 39.5 Å². The normalized spacial score (nSPS) is 15.7. The maximum absolute atomic E-state index is 14.3. The molecule has 1 aliphatic rings. The molecule has 0 bridgehead atoms. The highest BCUT2D eigenvalue weighted by Gasteiger charge is 2.35. The molecule has 2 aromatic carbocycles. The highest BCUT2D eigenvalue weighted by molar-refractivity contribution is 5.95. The van der Waals surface area contributed by atoms with Gasteiger partial charge in [-0.3, -0.25) is 9.59 Å². The van der Waals surface area contributed by atoms with E-state index in [0.717, 1.165) is 11.1 Å². The van der Waals surface area contributed by atoms with Gasteiger partial charge in [-0.05, 0) is 48.7 Å². The highest BCUT2D eigenvalue weighted by atomic mass is 19.1. The number of carbonyl (C=O) groups is 2. The molecule has 1 aliphatic heterocycles. The number of carbonyl (C=O) groups excluding carboxylic acids is 1. The van der Waals surface area contributed by atoms with Crippen LogP contribution in [0.3, 0.4) is 0 Å². The minimum Gasteiger partial charge on any atom is -0.493 e. The molecule has 1 amide bonds. The standard InChI is InChI=1S/C21H22FNO5/c1-12-4-5-16(22)15(8-12)21(26)23-7-6-13-9-18(27-2)19(28-3)10-14(13)17(23)11-20(24)25/h4-5,8-10,17H,6-7,11H2,1-3H3,(H,24,25). The van der Waals surface area contributed by atoms with Gasteiger partial charge < -0.3 is 19.5 Å². The second-order valence-corrected chi connectivity index (χ2v) is 6.75. The summed E-state index contributed by atoms with van der Waals surface area (Å²) >= 11 is 0. The molecule has 2 aromatic rings. The van der Waals surface area contributed by atoms with Crippen LogP contribution in [-0.2, 0) is 11.2 Å². The average molecular weight is 387 g/mol. The van der Waals surface area contributed by atoms with E-state index in [1.165, 1.54) is 31.3 Å². The molecule has 0 spiro atoms. The molecule has 0 radical (unpaired) electrons. The summed E-state index contributed by atoms with van der Waals surface area (Å²) in [6.45, 7) is 2.06. The van der Waals surface area contributed by atoms with Crippen LogP contribution in [0.25, 0.3) is 0 Å². The number of ether oxygens (including phenoxy) is 2. The average Bonchev–Trinajstić information content (AvgIpc) is 2.68. The van der Waals surface area contributed by atoms with E-state index in [2.05, 4.69) is 0 Å². The topological polar surface area (TPSA) is 76.1 Å². The number of hydrogen-bond donors (Lipinski definition) is 1. The van der Waals surface area contributed by atoms with Crippen molar-refractivity contribution in [1.82, 2.24) is 4.90 Å². The van der Waals surface area contributed by atoms with E-state index in [4.69, 9.17) is 9.47 Å². The van der Waals surface area contributed by atoms with Crippen LogP contribution >= 0.6 is 0 Å². The SMILES string of the molecule is COc1cc2c(cc1OC)C(CC(=O)O)N(C(=O)c1cc(C)ccc1F)CC2. The molecule has 3 rings (SSSR count). The van der Waals surface area contributed by atoms with Gasteiger partial charge in [-0.15, -0.1) is 0 Å². The van der Waals surface area contributed by atoms with Crippen LogP contribution in [-0.4, -0.2) is 42.6 Å². The third-order valence-electron chi connectivity index (χ3n) is 4.98. The lowest BCUT2D eigenvalue weighted by Crippen LogP contribution is -2.41. The fraction of sp³-hybridized carbons (Fsp3) is 0.333. The number of rotatable bonds is 5. The number of carboxylic acids is 1. The minimum atomic E-state index is -1.05. The molecule has 7 heteroatoms. The summed E-state index contributed by atoms with van der Waals surface area (Å²) in [5, 5.41) is 9.42. The second-order valence-electron chi connectivity index (χ2n) is 6.75. The first-order valence-corrected chi connectivity index (χ1v) is 8.89. The van der Waals surface area contributed by atoms with Crippen LogP contribution in [0, 0.1) is 12.7 Å². The summed E-state index contributed by atoms with van der Waals surface area (Å²) in [4.78, 5) is 26.0. The Morgan fingerprint density at radius 2 is 1.86 bits per heavy atom. The first kappa shape index (κ1) is 19.7. The predicted octanol–water partition coefficient (Wildman–Crippen LogP) is 3.37. The number of aryl methyl sites for hydroxylation is 1. The molecule has 0 aliphatic carbocycles. The van der Waals surface area contributed by atoms with Gasteiger partial charge in [0.2, 0.25) is 0 Å². The third-order valence-corrected chi connectivity index (χ3v) is 4.98.